The molecule has 1 aromatic carbocycles. The Morgan fingerprint density at radius 2 is 2.12 bits per heavy atom. The summed E-state index contributed by atoms with van der Waals surface area (Å²) in [5.41, 5.74) is 0.668. The molecular weight excluding hydrogens is 491 g/mol. The normalized spacial score (nSPS) is 11.0. The molecule has 0 aliphatic rings. The third kappa shape index (κ3) is 6.13. The van der Waals surface area contributed by atoms with Crippen LogP contribution < -0.4 is 10.1 Å². The fourth-order valence-electron chi connectivity index (χ4n) is 1.65. The third-order valence-electron chi connectivity index (χ3n) is 2.68. The number of esters is 1. The average molecular weight is 507 g/mol. The zero-order valence-corrected chi connectivity index (χ0v) is 17.1. The molecule has 0 saturated carbocycles. The van der Waals surface area contributed by atoms with Gasteiger partial charge in [0.25, 0.3) is 5.91 Å². The summed E-state index contributed by atoms with van der Waals surface area (Å²) in [6, 6.07) is 5.29. The number of nitrogens with one attached hydrogen (secondary N) is 1. The minimum Gasteiger partial charge on any atom is -0.480 e. The Hall–Kier alpha value is -1.60. The molecular formula is C16H16BrIN2O4. The van der Waals surface area contributed by atoms with Gasteiger partial charge in [-0.2, -0.15) is 5.26 Å². The lowest BCUT2D eigenvalue weighted by Crippen LogP contribution is -2.30. The summed E-state index contributed by atoms with van der Waals surface area (Å²) < 4.78 is 11.3. The van der Waals surface area contributed by atoms with Crippen LogP contribution in [0.3, 0.4) is 0 Å². The largest absolute Gasteiger partial charge is 0.480 e. The van der Waals surface area contributed by atoms with Gasteiger partial charge in [0.15, 0.2) is 6.61 Å². The second-order valence-electron chi connectivity index (χ2n) is 4.98. The molecule has 6 nitrogen and oxygen atoms in total. The van der Waals surface area contributed by atoms with Crippen molar-refractivity contribution in [2.45, 2.75) is 19.9 Å². The molecule has 1 aromatic rings. The first-order chi connectivity index (χ1) is 11.3. The molecule has 1 amide bonds. The number of nitrogens with zero attached hydrogens (tertiary/aromatic N) is 1. The molecule has 0 spiro atoms. The summed E-state index contributed by atoms with van der Waals surface area (Å²) in [6.45, 7) is 3.43. The van der Waals surface area contributed by atoms with E-state index in [4.69, 9.17) is 10.00 Å². The number of amides is 1. The van der Waals surface area contributed by atoms with Gasteiger partial charge in [0.2, 0.25) is 0 Å². The number of benzene rings is 1. The van der Waals surface area contributed by atoms with Crippen LogP contribution in [0.4, 0.5) is 0 Å². The summed E-state index contributed by atoms with van der Waals surface area (Å²) in [7, 11) is 1.28. The summed E-state index contributed by atoms with van der Waals surface area (Å²) in [6.07, 6.45) is 1.49. The molecule has 0 saturated heterocycles. The van der Waals surface area contributed by atoms with Crippen LogP contribution in [0.25, 0.3) is 6.08 Å². The van der Waals surface area contributed by atoms with E-state index in [-0.39, 0.29) is 18.2 Å². The molecule has 0 aromatic heterocycles. The van der Waals surface area contributed by atoms with Crippen molar-refractivity contribution in [3.8, 4) is 11.8 Å². The minimum atomic E-state index is -0.487. The van der Waals surface area contributed by atoms with E-state index in [2.05, 4.69) is 26.0 Å². The van der Waals surface area contributed by atoms with E-state index in [0.29, 0.717) is 15.8 Å². The monoisotopic (exact) mass is 506 g/mol. The lowest BCUT2D eigenvalue weighted by Gasteiger charge is -2.11. The van der Waals surface area contributed by atoms with E-state index in [1.165, 1.54) is 13.2 Å². The molecule has 0 aliphatic carbocycles. The van der Waals surface area contributed by atoms with Gasteiger partial charge in [-0.25, -0.2) is 4.79 Å². The van der Waals surface area contributed by atoms with Crippen LogP contribution in [-0.2, 0) is 14.3 Å². The van der Waals surface area contributed by atoms with Gasteiger partial charge >= 0.3 is 5.97 Å². The quantitative estimate of drug-likeness (QED) is 0.277. The molecule has 24 heavy (non-hydrogen) atoms. The molecule has 1 N–H and O–H groups in total. The highest BCUT2D eigenvalue weighted by Gasteiger charge is 2.13. The summed E-state index contributed by atoms with van der Waals surface area (Å²) >= 11 is 5.41. The van der Waals surface area contributed by atoms with Crippen molar-refractivity contribution in [3.63, 3.8) is 0 Å². The third-order valence-corrected chi connectivity index (χ3v) is 4.07. The summed E-state index contributed by atoms with van der Waals surface area (Å²) in [5.74, 6) is -0.424. The second-order valence-corrected chi connectivity index (χ2v) is 6.99. The zero-order chi connectivity index (χ0) is 18.3. The minimum absolute atomic E-state index is 0.00892. The van der Waals surface area contributed by atoms with Crippen molar-refractivity contribution in [2.75, 3.05) is 13.7 Å². The molecule has 0 aliphatic heterocycles. The SMILES string of the molecule is COC(=O)COc1c(Br)cc(/C=C(/C#N)C(=O)NC(C)C)cc1I. The smallest absolute Gasteiger partial charge is 0.343 e. The highest BCUT2D eigenvalue weighted by molar-refractivity contribution is 14.1. The van der Waals surface area contributed by atoms with Gasteiger partial charge in [0.1, 0.15) is 17.4 Å². The summed E-state index contributed by atoms with van der Waals surface area (Å²) in [4.78, 5) is 23.1. The van der Waals surface area contributed by atoms with Crippen molar-refractivity contribution in [1.29, 1.82) is 5.26 Å². The van der Waals surface area contributed by atoms with Crippen LogP contribution in [0.15, 0.2) is 22.2 Å². The van der Waals surface area contributed by atoms with Gasteiger partial charge in [-0.15, -0.1) is 0 Å². The van der Waals surface area contributed by atoms with Gasteiger partial charge in [-0.05, 0) is 76.1 Å². The Morgan fingerprint density at radius 1 is 1.46 bits per heavy atom. The number of carbonyl (C=O) groups is 2. The lowest BCUT2D eigenvalue weighted by molar-refractivity contribution is -0.142. The second kappa shape index (κ2) is 9.64. The number of nitriles is 1. The van der Waals surface area contributed by atoms with E-state index < -0.39 is 11.9 Å². The Morgan fingerprint density at radius 3 is 2.62 bits per heavy atom. The van der Waals surface area contributed by atoms with Crippen LogP contribution in [0.2, 0.25) is 0 Å². The number of rotatable bonds is 6. The molecule has 128 valence electrons. The van der Waals surface area contributed by atoms with E-state index in [0.717, 1.165) is 3.57 Å². The van der Waals surface area contributed by atoms with Crippen LogP contribution >= 0.6 is 38.5 Å². The fraction of sp³-hybridized carbons (Fsp3) is 0.312. The maximum atomic E-state index is 11.9. The van der Waals surface area contributed by atoms with Gasteiger partial charge in [0, 0.05) is 6.04 Å². The van der Waals surface area contributed by atoms with Crippen LogP contribution in [0.5, 0.6) is 5.75 Å². The first-order valence-corrected chi connectivity index (χ1v) is 8.77. The lowest BCUT2D eigenvalue weighted by atomic mass is 10.1. The van der Waals surface area contributed by atoms with Crippen molar-refractivity contribution < 1.29 is 19.1 Å². The van der Waals surface area contributed by atoms with Gasteiger partial charge in [0.05, 0.1) is 15.2 Å². The molecule has 0 atom stereocenters. The van der Waals surface area contributed by atoms with Crippen LogP contribution in [0.1, 0.15) is 19.4 Å². The number of hydrogen-bond acceptors (Lipinski definition) is 5. The number of methoxy groups -OCH3 is 1. The van der Waals surface area contributed by atoms with Crippen molar-refractivity contribution in [3.05, 3.63) is 31.3 Å². The molecule has 0 fully saturated rings. The predicted molar refractivity (Wildman–Crippen MR) is 101 cm³/mol. The van der Waals surface area contributed by atoms with Crippen LogP contribution in [-0.4, -0.2) is 31.6 Å². The maximum Gasteiger partial charge on any atom is 0.343 e. The van der Waals surface area contributed by atoms with Crippen molar-refractivity contribution >= 4 is 56.5 Å². The Labute approximate surface area is 162 Å². The number of ether oxygens (including phenoxy) is 2. The van der Waals surface area contributed by atoms with E-state index in [1.54, 1.807) is 12.1 Å². The topological polar surface area (TPSA) is 88.4 Å². The van der Waals surface area contributed by atoms with E-state index in [1.807, 2.05) is 42.5 Å². The first kappa shape index (κ1) is 20.4. The van der Waals surface area contributed by atoms with Crippen LogP contribution in [0, 0.1) is 14.9 Å². The maximum absolute atomic E-state index is 11.9. The first-order valence-electron chi connectivity index (χ1n) is 6.89. The number of carbonyl (C=O) groups excluding carboxylic acids is 2. The Bertz CT molecular complexity index is 688. The van der Waals surface area contributed by atoms with Gasteiger partial charge in [-0.1, -0.05) is 0 Å². The van der Waals surface area contributed by atoms with Crippen molar-refractivity contribution in [2.24, 2.45) is 0 Å². The molecule has 1 rings (SSSR count). The molecule has 0 bridgehead atoms. The fourth-order valence-corrected chi connectivity index (χ4v) is 3.41. The molecule has 0 unspecified atom stereocenters. The summed E-state index contributed by atoms with van der Waals surface area (Å²) in [5, 5.41) is 11.8. The number of hydrogen-bond donors (Lipinski definition) is 1. The standard InChI is InChI=1S/C16H16BrIN2O4/c1-9(2)20-16(22)11(7-19)4-10-5-12(17)15(13(18)6-10)24-8-14(21)23-3/h4-6,9H,8H2,1-3H3,(H,20,22)/b11-4-. The van der Waals surface area contributed by atoms with Gasteiger partial charge in [-0.3, -0.25) is 4.79 Å². The van der Waals surface area contributed by atoms with Crippen molar-refractivity contribution in [1.82, 2.24) is 5.32 Å². The van der Waals surface area contributed by atoms with E-state index >= 15 is 0 Å². The Kier molecular flexibility index (Phi) is 8.21. The molecule has 0 heterocycles. The Balaban J connectivity index is 3.06. The molecule has 0 radical (unpaired) electrons. The van der Waals surface area contributed by atoms with Gasteiger partial charge < -0.3 is 14.8 Å². The average Bonchev–Trinajstić information content (AvgIpc) is 2.50. The predicted octanol–water partition coefficient (Wildman–Crippen LogP) is 3.04. The van der Waals surface area contributed by atoms with E-state index in [9.17, 15) is 9.59 Å². The molecule has 8 heteroatoms. The number of halogens is 2. The zero-order valence-electron chi connectivity index (χ0n) is 13.4. The highest BCUT2D eigenvalue weighted by atomic mass is 127. The highest BCUT2D eigenvalue weighted by Crippen LogP contribution is 2.32.